The summed E-state index contributed by atoms with van der Waals surface area (Å²) in [6, 6.07) is 9.03. The summed E-state index contributed by atoms with van der Waals surface area (Å²) in [5.41, 5.74) is 0.938. The molecule has 1 heterocycles. The number of thiazole rings is 1. The highest BCUT2D eigenvalue weighted by Gasteiger charge is 2.80. The second kappa shape index (κ2) is 6.13. The van der Waals surface area contributed by atoms with Crippen molar-refractivity contribution < 1.29 is 13.6 Å². The van der Waals surface area contributed by atoms with Crippen LogP contribution in [0.5, 0.6) is 0 Å². The summed E-state index contributed by atoms with van der Waals surface area (Å²) in [6.45, 7) is 0. The standard InChI is InChI=1S/C19H17F2N3OS/c20-19(21)15-3-1-2-8-18(15,19)9-16(25)24-17-23-14(11-26-17)13-6-4-12(10-22)5-7-13/h4-7,11,15H,1-3,8-9H2,(H,23,24,25). The Hall–Kier alpha value is -2.33. The number of aromatic nitrogens is 1. The van der Waals surface area contributed by atoms with Gasteiger partial charge in [0.1, 0.15) is 0 Å². The topological polar surface area (TPSA) is 65.8 Å². The summed E-state index contributed by atoms with van der Waals surface area (Å²) in [7, 11) is 0. The number of rotatable bonds is 4. The minimum Gasteiger partial charge on any atom is -0.302 e. The van der Waals surface area contributed by atoms with Crippen molar-refractivity contribution in [3.8, 4) is 17.3 Å². The molecule has 0 saturated heterocycles. The summed E-state index contributed by atoms with van der Waals surface area (Å²) < 4.78 is 28.3. The van der Waals surface area contributed by atoms with Crippen LogP contribution in [0, 0.1) is 22.7 Å². The molecule has 2 aromatic rings. The van der Waals surface area contributed by atoms with E-state index in [0.29, 0.717) is 29.2 Å². The fraction of sp³-hybridized carbons (Fsp3) is 0.421. The third kappa shape index (κ3) is 2.69. The van der Waals surface area contributed by atoms with Crippen molar-refractivity contribution in [2.24, 2.45) is 11.3 Å². The summed E-state index contributed by atoms with van der Waals surface area (Å²) in [5, 5.41) is 13.7. The number of carbonyl (C=O) groups is 1. The van der Waals surface area contributed by atoms with Gasteiger partial charge in [0.15, 0.2) is 5.13 Å². The molecule has 2 aliphatic carbocycles. The van der Waals surface area contributed by atoms with Crippen LogP contribution in [0.2, 0.25) is 0 Å². The van der Waals surface area contributed by atoms with Gasteiger partial charge in [0.25, 0.3) is 5.92 Å². The molecule has 4 rings (SSSR count). The van der Waals surface area contributed by atoms with Crippen molar-refractivity contribution in [1.82, 2.24) is 4.98 Å². The number of anilines is 1. The van der Waals surface area contributed by atoms with Crippen LogP contribution < -0.4 is 5.32 Å². The number of nitrogens with zero attached hydrogens (tertiary/aromatic N) is 2. The van der Waals surface area contributed by atoms with Crippen LogP contribution in [0.4, 0.5) is 13.9 Å². The maximum atomic E-state index is 14.1. The fourth-order valence-electron chi connectivity index (χ4n) is 4.14. The van der Waals surface area contributed by atoms with E-state index in [1.807, 2.05) is 0 Å². The van der Waals surface area contributed by atoms with E-state index in [0.717, 1.165) is 18.4 Å². The van der Waals surface area contributed by atoms with E-state index < -0.39 is 23.2 Å². The van der Waals surface area contributed by atoms with E-state index in [1.165, 1.54) is 11.3 Å². The lowest BCUT2D eigenvalue weighted by Crippen LogP contribution is -2.23. The van der Waals surface area contributed by atoms with Gasteiger partial charge in [-0.05, 0) is 25.0 Å². The largest absolute Gasteiger partial charge is 0.302 e. The van der Waals surface area contributed by atoms with Gasteiger partial charge in [0.05, 0.1) is 22.7 Å². The Morgan fingerprint density at radius 1 is 1.35 bits per heavy atom. The molecule has 2 atom stereocenters. The molecule has 7 heteroatoms. The maximum absolute atomic E-state index is 14.1. The van der Waals surface area contributed by atoms with Gasteiger partial charge < -0.3 is 5.32 Å². The van der Waals surface area contributed by atoms with E-state index >= 15 is 0 Å². The van der Waals surface area contributed by atoms with Crippen molar-refractivity contribution in [2.75, 3.05) is 5.32 Å². The average molecular weight is 373 g/mol. The zero-order valence-electron chi connectivity index (χ0n) is 14.0. The number of nitrogens with one attached hydrogen (secondary N) is 1. The Labute approximate surface area is 153 Å². The number of halogens is 2. The van der Waals surface area contributed by atoms with Crippen LogP contribution in [-0.4, -0.2) is 16.8 Å². The predicted molar refractivity (Wildman–Crippen MR) is 94.8 cm³/mol. The first-order valence-electron chi connectivity index (χ1n) is 8.60. The Morgan fingerprint density at radius 3 is 2.81 bits per heavy atom. The average Bonchev–Trinajstić information content (AvgIpc) is 2.94. The molecule has 0 radical (unpaired) electrons. The number of hydrogen-bond donors (Lipinski definition) is 1. The molecular formula is C19H17F2N3OS. The van der Waals surface area contributed by atoms with E-state index in [9.17, 15) is 13.6 Å². The molecule has 2 unspecified atom stereocenters. The van der Waals surface area contributed by atoms with Crippen LogP contribution in [0.25, 0.3) is 11.3 Å². The van der Waals surface area contributed by atoms with Crippen LogP contribution >= 0.6 is 11.3 Å². The Bertz CT molecular complexity index is 887. The lowest BCUT2D eigenvalue weighted by Gasteiger charge is -2.19. The molecule has 0 spiro atoms. The second-order valence-electron chi connectivity index (χ2n) is 7.03. The highest BCUT2D eigenvalue weighted by Crippen LogP contribution is 2.73. The van der Waals surface area contributed by atoms with Gasteiger partial charge in [-0.2, -0.15) is 5.26 Å². The van der Waals surface area contributed by atoms with Crippen LogP contribution in [0.3, 0.4) is 0 Å². The molecule has 134 valence electrons. The first-order valence-corrected chi connectivity index (χ1v) is 9.48. The van der Waals surface area contributed by atoms with Gasteiger partial charge >= 0.3 is 0 Å². The van der Waals surface area contributed by atoms with Crippen molar-refractivity contribution in [1.29, 1.82) is 5.26 Å². The Morgan fingerprint density at radius 2 is 2.12 bits per heavy atom. The summed E-state index contributed by atoms with van der Waals surface area (Å²) >= 11 is 1.26. The molecule has 0 aliphatic heterocycles. The monoisotopic (exact) mass is 373 g/mol. The number of hydrogen-bond acceptors (Lipinski definition) is 4. The molecule has 26 heavy (non-hydrogen) atoms. The van der Waals surface area contributed by atoms with Gasteiger partial charge in [0, 0.05) is 23.3 Å². The lowest BCUT2D eigenvalue weighted by atomic mass is 9.85. The zero-order valence-corrected chi connectivity index (χ0v) is 14.8. The molecule has 4 nitrogen and oxygen atoms in total. The quantitative estimate of drug-likeness (QED) is 0.834. The normalized spacial score (nSPS) is 25.8. The van der Waals surface area contributed by atoms with Gasteiger partial charge in [-0.15, -0.1) is 11.3 Å². The van der Waals surface area contributed by atoms with Crippen LogP contribution in [0.1, 0.15) is 37.7 Å². The summed E-state index contributed by atoms with van der Waals surface area (Å²) in [4.78, 5) is 16.7. The second-order valence-corrected chi connectivity index (χ2v) is 7.89. The molecule has 2 fully saturated rings. The zero-order chi connectivity index (χ0) is 18.4. The number of fused-ring (bicyclic) bond motifs is 1. The predicted octanol–water partition coefficient (Wildman–Crippen LogP) is 4.84. The van der Waals surface area contributed by atoms with Gasteiger partial charge in [-0.1, -0.05) is 25.0 Å². The third-order valence-electron chi connectivity index (χ3n) is 5.59. The number of carbonyl (C=O) groups excluding carboxylic acids is 1. The van der Waals surface area contributed by atoms with Crippen molar-refractivity contribution in [3.63, 3.8) is 0 Å². The van der Waals surface area contributed by atoms with Crippen molar-refractivity contribution in [3.05, 3.63) is 35.2 Å². The van der Waals surface area contributed by atoms with Gasteiger partial charge in [-0.25, -0.2) is 13.8 Å². The highest BCUT2D eigenvalue weighted by atomic mass is 32.1. The first-order chi connectivity index (χ1) is 12.5. The molecule has 2 aliphatic rings. The molecule has 0 bridgehead atoms. The van der Waals surface area contributed by atoms with E-state index in [4.69, 9.17) is 5.26 Å². The van der Waals surface area contributed by atoms with E-state index in [1.54, 1.807) is 29.6 Å². The van der Waals surface area contributed by atoms with Gasteiger partial charge in [-0.3, -0.25) is 4.79 Å². The minimum absolute atomic E-state index is 0.142. The van der Waals surface area contributed by atoms with Crippen molar-refractivity contribution >= 4 is 22.4 Å². The fourth-order valence-corrected chi connectivity index (χ4v) is 4.87. The number of nitriles is 1. The minimum atomic E-state index is -2.71. The maximum Gasteiger partial charge on any atom is 0.258 e. The molecule has 1 amide bonds. The van der Waals surface area contributed by atoms with Crippen LogP contribution in [0.15, 0.2) is 29.6 Å². The smallest absolute Gasteiger partial charge is 0.258 e. The molecule has 1 aromatic heterocycles. The third-order valence-corrected chi connectivity index (χ3v) is 6.34. The molecule has 1 N–H and O–H groups in total. The number of amides is 1. The van der Waals surface area contributed by atoms with E-state index in [-0.39, 0.29) is 6.42 Å². The summed E-state index contributed by atoms with van der Waals surface area (Å²) in [6.07, 6.45) is 2.38. The summed E-state index contributed by atoms with van der Waals surface area (Å²) in [5.74, 6) is -3.74. The molecule has 2 saturated carbocycles. The SMILES string of the molecule is N#Cc1ccc(-c2csc(NC(=O)CC34CCCCC3C4(F)F)n2)cc1. The lowest BCUT2D eigenvalue weighted by molar-refractivity contribution is -0.118. The van der Waals surface area contributed by atoms with Crippen LogP contribution in [-0.2, 0) is 4.79 Å². The van der Waals surface area contributed by atoms with Crippen molar-refractivity contribution in [2.45, 2.75) is 38.0 Å². The Kier molecular flexibility index (Phi) is 4.03. The van der Waals surface area contributed by atoms with E-state index in [2.05, 4.69) is 16.4 Å². The van der Waals surface area contributed by atoms with Gasteiger partial charge in [0.2, 0.25) is 5.91 Å². The molecule has 1 aromatic carbocycles. The first kappa shape index (κ1) is 17.1. The highest BCUT2D eigenvalue weighted by molar-refractivity contribution is 7.14. The number of alkyl halides is 2. The number of benzene rings is 1. The molecular weight excluding hydrogens is 356 g/mol. The Balaban J connectivity index is 1.43.